The Bertz CT molecular complexity index is 693. The van der Waals surface area contributed by atoms with Gasteiger partial charge in [-0.2, -0.15) is 0 Å². The number of benzene rings is 2. The average molecular weight is 288 g/mol. The van der Waals surface area contributed by atoms with Crippen molar-refractivity contribution >= 4 is 5.97 Å². The number of rotatable bonds is 3. The summed E-state index contributed by atoms with van der Waals surface area (Å²) in [6, 6.07) is 8.24. The van der Waals surface area contributed by atoms with E-state index in [2.05, 4.69) is 0 Å². The van der Waals surface area contributed by atoms with Gasteiger partial charge in [0.05, 0.1) is 19.8 Å². The molecule has 2 aromatic rings. The Hall–Kier alpha value is -2.36. The normalized spacial score (nSPS) is 10.3. The average Bonchev–Trinajstić information content (AvgIpc) is 2.48. The van der Waals surface area contributed by atoms with Crippen LogP contribution in [0.2, 0.25) is 0 Å². The summed E-state index contributed by atoms with van der Waals surface area (Å²) < 4.78 is 24.0. The van der Waals surface area contributed by atoms with Gasteiger partial charge in [0.25, 0.3) is 0 Å². The van der Waals surface area contributed by atoms with Gasteiger partial charge in [-0.1, -0.05) is 12.1 Å². The lowest BCUT2D eigenvalue weighted by Crippen LogP contribution is -2.03. The van der Waals surface area contributed by atoms with Crippen LogP contribution in [0.1, 0.15) is 21.5 Å². The number of aryl methyl sites for hydroxylation is 2. The van der Waals surface area contributed by atoms with Crippen molar-refractivity contribution in [2.24, 2.45) is 0 Å². The Labute approximate surface area is 123 Å². The molecular weight excluding hydrogens is 271 g/mol. The highest BCUT2D eigenvalue weighted by Crippen LogP contribution is 2.30. The molecule has 110 valence electrons. The monoisotopic (exact) mass is 288 g/mol. The van der Waals surface area contributed by atoms with E-state index in [0.717, 1.165) is 11.1 Å². The summed E-state index contributed by atoms with van der Waals surface area (Å²) in [5.41, 5.74) is 3.26. The van der Waals surface area contributed by atoms with Crippen molar-refractivity contribution in [3.63, 3.8) is 0 Å². The summed E-state index contributed by atoms with van der Waals surface area (Å²) in [6.45, 7) is 3.65. The topological polar surface area (TPSA) is 35.5 Å². The molecular formula is C17H17FO3. The first kappa shape index (κ1) is 15.0. The number of halogens is 1. The molecule has 0 atom stereocenters. The fourth-order valence-electron chi connectivity index (χ4n) is 2.27. The van der Waals surface area contributed by atoms with Gasteiger partial charge < -0.3 is 9.47 Å². The van der Waals surface area contributed by atoms with E-state index in [0.29, 0.717) is 22.4 Å². The van der Waals surface area contributed by atoms with Crippen molar-refractivity contribution < 1.29 is 18.7 Å². The molecule has 0 aliphatic carbocycles. The van der Waals surface area contributed by atoms with E-state index in [1.165, 1.54) is 20.3 Å². The van der Waals surface area contributed by atoms with Gasteiger partial charge in [0.1, 0.15) is 11.6 Å². The highest BCUT2D eigenvalue weighted by Gasteiger charge is 2.13. The Kier molecular flexibility index (Phi) is 4.26. The number of hydrogen-bond acceptors (Lipinski definition) is 3. The van der Waals surface area contributed by atoms with Crippen molar-refractivity contribution in [2.45, 2.75) is 13.8 Å². The molecule has 2 aromatic carbocycles. The maximum atomic E-state index is 14.2. The van der Waals surface area contributed by atoms with E-state index >= 15 is 0 Å². The van der Waals surface area contributed by atoms with Gasteiger partial charge in [-0.25, -0.2) is 9.18 Å². The van der Waals surface area contributed by atoms with Crippen molar-refractivity contribution in [3.05, 3.63) is 52.8 Å². The van der Waals surface area contributed by atoms with Gasteiger partial charge in [-0.15, -0.1) is 0 Å². The fourth-order valence-corrected chi connectivity index (χ4v) is 2.27. The molecule has 0 fully saturated rings. The van der Waals surface area contributed by atoms with Gasteiger partial charge in [0.2, 0.25) is 0 Å². The van der Waals surface area contributed by atoms with Crippen LogP contribution in [0.5, 0.6) is 5.75 Å². The van der Waals surface area contributed by atoms with Crippen LogP contribution in [0.3, 0.4) is 0 Å². The molecule has 0 saturated heterocycles. The van der Waals surface area contributed by atoms with Crippen LogP contribution in [-0.4, -0.2) is 20.2 Å². The molecule has 0 spiro atoms. The van der Waals surface area contributed by atoms with Crippen LogP contribution in [0, 0.1) is 19.7 Å². The largest absolute Gasteiger partial charge is 0.496 e. The second-order valence-electron chi connectivity index (χ2n) is 4.82. The maximum absolute atomic E-state index is 14.2. The predicted octanol–water partition coefficient (Wildman–Crippen LogP) is 3.90. The minimum atomic E-state index is -0.398. The summed E-state index contributed by atoms with van der Waals surface area (Å²) in [4.78, 5) is 11.6. The molecule has 0 amide bonds. The molecule has 0 bridgehead atoms. The minimum absolute atomic E-state index is 0.359. The number of esters is 1. The first-order chi connectivity index (χ1) is 9.97. The number of carbonyl (C=O) groups excluding carboxylic acids is 1. The molecule has 0 aliphatic heterocycles. The van der Waals surface area contributed by atoms with E-state index < -0.39 is 5.97 Å². The van der Waals surface area contributed by atoms with Crippen LogP contribution >= 0.6 is 0 Å². The molecule has 0 aliphatic rings. The standard InChI is InChI=1S/C17H17FO3/c1-10-7-12(5-6-13(10)17(19)21-4)14-8-11(2)16(20-3)9-15(14)18/h5-9H,1-4H3. The first-order valence-corrected chi connectivity index (χ1v) is 6.51. The summed E-state index contributed by atoms with van der Waals surface area (Å²) in [7, 11) is 2.85. The number of hydrogen-bond donors (Lipinski definition) is 0. The van der Waals surface area contributed by atoms with E-state index in [1.54, 1.807) is 31.2 Å². The van der Waals surface area contributed by atoms with Crippen molar-refractivity contribution in [3.8, 4) is 16.9 Å². The van der Waals surface area contributed by atoms with Gasteiger partial charge in [0, 0.05) is 11.6 Å². The van der Waals surface area contributed by atoms with Gasteiger partial charge in [-0.05, 0) is 42.7 Å². The minimum Gasteiger partial charge on any atom is -0.496 e. The highest BCUT2D eigenvalue weighted by atomic mass is 19.1. The van der Waals surface area contributed by atoms with Gasteiger partial charge in [-0.3, -0.25) is 0 Å². The summed E-state index contributed by atoms with van der Waals surface area (Å²) in [6.07, 6.45) is 0. The fraction of sp³-hybridized carbons (Fsp3) is 0.235. The Balaban J connectivity index is 2.51. The Morgan fingerprint density at radius 3 is 2.33 bits per heavy atom. The molecule has 0 radical (unpaired) electrons. The van der Waals surface area contributed by atoms with Gasteiger partial charge in [0.15, 0.2) is 0 Å². The van der Waals surface area contributed by atoms with Crippen LogP contribution in [0.4, 0.5) is 4.39 Å². The van der Waals surface area contributed by atoms with Crippen LogP contribution in [-0.2, 0) is 4.74 Å². The van der Waals surface area contributed by atoms with Crippen LogP contribution < -0.4 is 4.74 Å². The smallest absolute Gasteiger partial charge is 0.338 e. The van der Waals surface area contributed by atoms with E-state index in [1.807, 2.05) is 6.92 Å². The molecule has 0 unspecified atom stereocenters. The van der Waals surface area contributed by atoms with Crippen molar-refractivity contribution in [2.75, 3.05) is 14.2 Å². The Morgan fingerprint density at radius 1 is 1.05 bits per heavy atom. The molecule has 0 saturated carbocycles. The van der Waals surface area contributed by atoms with E-state index in [9.17, 15) is 9.18 Å². The second kappa shape index (κ2) is 5.95. The van der Waals surface area contributed by atoms with E-state index in [-0.39, 0.29) is 5.82 Å². The highest BCUT2D eigenvalue weighted by molar-refractivity contribution is 5.91. The molecule has 4 heteroatoms. The predicted molar refractivity (Wildman–Crippen MR) is 79.2 cm³/mol. The molecule has 0 heterocycles. The summed E-state index contributed by atoms with van der Waals surface area (Å²) >= 11 is 0. The number of ether oxygens (including phenoxy) is 2. The molecule has 0 N–H and O–H groups in total. The first-order valence-electron chi connectivity index (χ1n) is 6.51. The quantitative estimate of drug-likeness (QED) is 0.803. The molecule has 21 heavy (non-hydrogen) atoms. The molecule has 2 rings (SSSR count). The molecule has 0 aromatic heterocycles. The zero-order chi connectivity index (χ0) is 15.6. The lowest BCUT2D eigenvalue weighted by Gasteiger charge is -2.11. The lowest BCUT2D eigenvalue weighted by molar-refractivity contribution is 0.0600. The summed E-state index contributed by atoms with van der Waals surface area (Å²) in [5.74, 6) is -0.243. The van der Waals surface area contributed by atoms with E-state index in [4.69, 9.17) is 9.47 Å². The zero-order valence-corrected chi connectivity index (χ0v) is 12.5. The third kappa shape index (κ3) is 2.89. The zero-order valence-electron chi connectivity index (χ0n) is 12.5. The lowest BCUT2D eigenvalue weighted by atomic mass is 9.98. The molecule has 3 nitrogen and oxygen atoms in total. The number of methoxy groups -OCH3 is 2. The Morgan fingerprint density at radius 2 is 1.76 bits per heavy atom. The van der Waals surface area contributed by atoms with Crippen LogP contribution in [0.25, 0.3) is 11.1 Å². The second-order valence-corrected chi connectivity index (χ2v) is 4.82. The maximum Gasteiger partial charge on any atom is 0.338 e. The van der Waals surface area contributed by atoms with Crippen molar-refractivity contribution in [1.29, 1.82) is 0 Å². The third-order valence-corrected chi connectivity index (χ3v) is 3.43. The van der Waals surface area contributed by atoms with Crippen LogP contribution in [0.15, 0.2) is 30.3 Å². The van der Waals surface area contributed by atoms with Gasteiger partial charge >= 0.3 is 5.97 Å². The van der Waals surface area contributed by atoms with Crippen molar-refractivity contribution in [1.82, 2.24) is 0 Å². The number of carbonyl (C=O) groups is 1. The summed E-state index contributed by atoms with van der Waals surface area (Å²) in [5, 5.41) is 0. The third-order valence-electron chi connectivity index (χ3n) is 3.43. The SMILES string of the molecule is COC(=O)c1ccc(-c2cc(C)c(OC)cc2F)cc1C.